The highest BCUT2D eigenvalue weighted by molar-refractivity contribution is 7.26. The van der Waals surface area contributed by atoms with E-state index in [9.17, 15) is 0 Å². The van der Waals surface area contributed by atoms with Gasteiger partial charge in [0.15, 0.2) is 0 Å². The summed E-state index contributed by atoms with van der Waals surface area (Å²) < 4.78 is 2.35. The molecule has 0 bridgehead atoms. The average molecular weight is 226 g/mol. The van der Waals surface area contributed by atoms with Crippen LogP contribution in [-0.4, -0.2) is 5.84 Å². The average Bonchev–Trinajstić information content (AvgIpc) is 2.67. The first kappa shape index (κ1) is 9.36. The van der Waals surface area contributed by atoms with Crippen molar-refractivity contribution in [3.8, 4) is 0 Å². The first-order chi connectivity index (χ1) is 7.77. The number of nitrogens with two attached hydrogens (primary N) is 1. The first-order valence-electron chi connectivity index (χ1n) is 5.02. The zero-order valence-corrected chi connectivity index (χ0v) is 9.34. The summed E-state index contributed by atoms with van der Waals surface area (Å²) in [5.74, 6) is 0.136. The summed E-state index contributed by atoms with van der Waals surface area (Å²) in [7, 11) is 0. The van der Waals surface area contributed by atoms with Crippen molar-refractivity contribution in [1.82, 2.24) is 0 Å². The molecule has 0 amide bonds. The smallest absolute Gasteiger partial charge is 0.124 e. The van der Waals surface area contributed by atoms with Gasteiger partial charge in [0, 0.05) is 25.7 Å². The Morgan fingerprint density at radius 3 is 2.56 bits per heavy atom. The molecule has 0 aliphatic rings. The quantitative estimate of drug-likeness (QED) is 0.485. The Hall–Kier alpha value is -1.87. The molecule has 1 heterocycles. The summed E-state index contributed by atoms with van der Waals surface area (Å²) in [4.78, 5) is 0. The number of amidine groups is 1. The van der Waals surface area contributed by atoms with E-state index >= 15 is 0 Å². The standard InChI is InChI=1S/C13H10N2S/c14-13(15)10-6-3-5-9-8-4-1-2-7-11(8)16-12(9)10/h1-7H,(H3,14,15). The minimum absolute atomic E-state index is 0.136. The predicted molar refractivity (Wildman–Crippen MR) is 70.3 cm³/mol. The van der Waals surface area contributed by atoms with Crippen molar-refractivity contribution >= 4 is 37.3 Å². The van der Waals surface area contributed by atoms with Crippen LogP contribution in [0.5, 0.6) is 0 Å². The molecule has 0 atom stereocenters. The fourth-order valence-corrected chi connectivity index (χ4v) is 3.19. The van der Waals surface area contributed by atoms with Gasteiger partial charge in [-0.15, -0.1) is 11.3 Å². The lowest BCUT2D eigenvalue weighted by molar-refractivity contribution is 1.44. The second-order valence-electron chi connectivity index (χ2n) is 3.69. The number of rotatable bonds is 1. The molecule has 1 aromatic heterocycles. The first-order valence-corrected chi connectivity index (χ1v) is 5.83. The van der Waals surface area contributed by atoms with E-state index in [1.54, 1.807) is 11.3 Å². The summed E-state index contributed by atoms with van der Waals surface area (Å²) >= 11 is 1.70. The largest absolute Gasteiger partial charge is 0.384 e. The van der Waals surface area contributed by atoms with Crippen LogP contribution in [0.15, 0.2) is 42.5 Å². The van der Waals surface area contributed by atoms with Crippen molar-refractivity contribution in [3.05, 3.63) is 48.0 Å². The molecule has 78 valence electrons. The van der Waals surface area contributed by atoms with Crippen molar-refractivity contribution in [2.75, 3.05) is 0 Å². The molecule has 2 aromatic carbocycles. The molecule has 3 heteroatoms. The van der Waals surface area contributed by atoms with Crippen LogP contribution in [-0.2, 0) is 0 Å². The van der Waals surface area contributed by atoms with Gasteiger partial charge in [-0.05, 0) is 12.1 Å². The Kier molecular flexibility index (Phi) is 1.94. The molecule has 0 aliphatic carbocycles. The zero-order valence-electron chi connectivity index (χ0n) is 8.53. The third kappa shape index (κ3) is 1.22. The molecule has 0 saturated carbocycles. The maximum Gasteiger partial charge on any atom is 0.124 e. The van der Waals surface area contributed by atoms with Crippen LogP contribution < -0.4 is 5.73 Å². The topological polar surface area (TPSA) is 49.9 Å². The van der Waals surface area contributed by atoms with Gasteiger partial charge in [0.25, 0.3) is 0 Å². The van der Waals surface area contributed by atoms with Gasteiger partial charge in [0.1, 0.15) is 5.84 Å². The fourth-order valence-electron chi connectivity index (χ4n) is 1.96. The molecular weight excluding hydrogens is 216 g/mol. The molecule has 0 unspecified atom stereocenters. The van der Waals surface area contributed by atoms with Crippen molar-refractivity contribution in [2.24, 2.45) is 5.73 Å². The zero-order chi connectivity index (χ0) is 11.1. The lowest BCUT2D eigenvalue weighted by atomic mass is 10.1. The third-order valence-corrected chi connectivity index (χ3v) is 3.91. The highest BCUT2D eigenvalue weighted by Crippen LogP contribution is 2.35. The van der Waals surface area contributed by atoms with Crippen LogP contribution in [0.1, 0.15) is 5.56 Å². The molecule has 0 saturated heterocycles. The Balaban J connectivity index is 2.54. The molecule has 0 aliphatic heterocycles. The second kappa shape index (κ2) is 3.32. The van der Waals surface area contributed by atoms with E-state index in [4.69, 9.17) is 11.1 Å². The highest BCUT2D eigenvalue weighted by atomic mass is 32.1. The lowest BCUT2D eigenvalue weighted by Crippen LogP contribution is -2.10. The highest BCUT2D eigenvalue weighted by Gasteiger charge is 2.09. The van der Waals surface area contributed by atoms with Crippen molar-refractivity contribution in [2.45, 2.75) is 0 Å². The SMILES string of the molecule is N=C(N)c1cccc2c1sc1ccccc12. The monoisotopic (exact) mass is 226 g/mol. The molecular formula is C13H10N2S. The van der Waals surface area contributed by atoms with Crippen molar-refractivity contribution in [3.63, 3.8) is 0 Å². The van der Waals surface area contributed by atoms with Crippen LogP contribution >= 0.6 is 11.3 Å². The Bertz CT molecular complexity index is 697. The van der Waals surface area contributed by atoms with Crippen LogP contribution in [0, 0.1) is 5.41 Å². The van der Waals surface area contributed by atoms with E-state index in [0.717, 1.165) is 10.3 Å². The molecule has 3 N–H and O–H groups in total. The number of hydrogen-bond donors (Lipinski definition) is 2. The number of thiophene rings is 1. The number of hydrogen-bond acceptors (Lipinski definition) is 2. The number of nitrogens with one attached hydrogen (secondary N) is 1. The number of nitrogen functional groups attached to an aromatic ring is 1. The van der Waals surface area contributed by atoms with Crippen LogP contribution in [0.25, 0.3) is 20.2 Å². The second-order valence-corrected chi connectivity index (χ2v) is 4.75. The van der Waals surface area contributed by atoms with E-state index in [1.807, 2.05) is 24.3 Å². The molecule has 16 heavy (non-hydrogen) atoms. The van der Waals surface area contributed by atoms with Gasteiger partial charge < -0.3 is 5.73 Å². The van der Waals surface area contributed by atoms with E-state index in [0.29, 0.717) is 0 Å². The summed E-state index contributed by atoms with van der Waals surface area (Å²) in [5, 5.41) is 10.0. The molecule has 3 rings (SSSR count). The van der Waals surface area contributed by atoms with Crippen LogP contribution in [0.4, 0.5) is 0 Å². The van der Waals surface area contributed by atoms with Crippen molar-refractivity contribution in [1.29, 1.82) is 5.41 Å². The number of benzene rings is 2. The summed E-state index contributed by atoms with van der Waals surface area (Å²) in [6.45, 7) is 0. The normalized spacial score (nSPS) is 11.0. The maximum absolute atomic E-state index is 7.58. The number of fused-ring (bicyclic) bond motifs is 3. The molecule has 0 fully saturated rings. The lowest BCUT2D eigenvalue weighted by Gasteiger charge is -1.99. The summed E-state index contributed by atoms with van der Waals surface area (Å²) in [6.07, 6.45) is 0. The molecule has 0 spiro atoms. The van der Waals surface area contributed by atoms with Gasteiger partial charge in [-0.3, -0.25) is 5.41 Å². The Morgan fingerprint density at radius 2 is 1.75 bits per heavy atom. The fraction of sp³-hybridized carbons (Fsp3) is 0. The predicted octanol–water partition coefficient (Wildman–Crippen LogP) is 3.34. The van der Waals surface area contributed by atoms with E-state index in [2.05, 4.69) is 18.2 Å². The Labute approximate surface area is 96.8 Å². The van der Waals surface area contributed by atoms with Gasteiger partial charge in [0.2, 0.25) is 0 Å². The van der Waals surface area contributed by atoms with Gasteiger partial charge in [0.05, 0.1) is 0 Å². The van der Waals surface area contributed by atoms with Gasteiger partial charge in [-0.2, -0.15) is 0 Å². The molecule has 0 radical (unpaired) electrons. The van der Waals surface area contributed by atoms with Crippen LogP contribution in [0.3, 0.4) is 0 Å². The minimum atomic E-state index is 0.136. The molecule has 2 nitrogen and oxygen atoms in total. The summed E-state index contributed by atoms with van der Waals surface area (Å²) in [5.41, 5.74) is 6.42. The Morgan fingerprint density at radius 1 is 1.00 bits per heavy atom. The van der Waals surface area contributed by atoms with Gasteiger partial charge in [-0.25, -0.2) is 0 Å². The van der Waals surface area contributed by atoms with Crippen molar-refractivity contribution < 1.29 is 0 Å². The van der Waals surface area contributed by atoms with Gasteiger partial charge in [-0.1, -0.05) is 30.3 Å². The van der Waals surface area contributed by atoms with Gasteiger partial charge >= 0.3 is 0 Å². The minimum Gasteiger partial charge on any atom is -0.384 e. The third-order valence-electron chi connectivity index (χ3n) is 2.69. The van der Waals surface area contributed by atoms with Crippen LogP contribution in [0.2, 0.25) is 0 Å². The molecule has 3 aromatic rings. The van der Waals surface area contributed by atoms with E-state index in [1.165, 1.54) is 15.5 Å². The van der Waals surface area contributed by atoms with E-state index < -0.39 is 0 Å². The maximum atomic E-state index is 7.58. The summed E-state index contributed by atoms with van der Waals surface area (Å²) in [6, 6.07) is 14.2. The van der Waals surface area contributed by atoms with E-state index in [-0.39, 0.29) is 5.84 Å².